The third kappa shape index (κ3) is 2.77. The number of nitrogens with zero attached hydrogens (tertiary/aromatic N) is 2. The molecule has 0 saturated heterocycles. The van der Waals surface area contributed by atoms with Gasteiger partial charge in [0.05, 0.1) is 0 Å². The van der Waals surface area contributed by atoms with Gasteiger partial charge in [-0.1, -0.05) is 37.2 Å². The highest BCUT2D eigenvalue weighted by molar-refractivity contribution is 7.99. The zero-order chi connectivity index (χ0) is 11.5. The van der Waals surface area contributed by atoms with E-state index in [9.17, 15) is 0 Å². The minimum absolute atomic E-state index is 0.429. The molecule has 0 aliphatic carbocycles. The Balaban J connectivity index is 2.21. The lowest BCUT2D eigenvalue weighted by molar-refractivity contribution is 0.465. The summed E-state index contributed by atoms with van der Waals surface area (Å²) in [6.07, 6.45) is 0. The normalized spacial score (nSPS) is 11.0. The summed E-state index contributed by atoms with van der Waals surface area (Å²) in [7, 11) is 0. The molecule has 3 nitrogen and oxygen atoms in total. The average Bonchev–Trinajstić information content (AvgIpc) is 2.66. The van der Waals surface area contributed by atoms with Crippen molar-refractivity contribution < 1.29 is 4.42 Å². The van der Waals surface area contributed by atoms with Gasteiger partial charge in [-0.2, -0.15) is 0 Å². The van der Waals surface area contributed by atoms with Crippen LogP contribution in [0.4, 0.5) is 0 Å². The van der Waals surface area contributed by atoms with Crippen LogP contribution in [0.2, 0.25) is 5.02 Å². The largest absolute Gasteiger partial charge is 0.411 e. The van der Waals surface area contributed by atoms with Crippen LogP contribution in [0.3, 0.4) is 0 Å². The molecule has 0 radical (unpaired) electrons. The van der Waals surface area contributed by atoms with E-state index in [1.165, 1.54) is 0 Å². The van der Waals surface area contributed by atoms with E-state index in [0.717, 1.165) is 5.56 Å². The molecular formula is C11H11ClN2OS. The zero-order valence-corrected chi connectivity index (χ0v) is 10.5. The molecule has 1 aromatic carbocycles. The number of thioether (sulfide) groups is 1. The van der Waals surface area contributed by atoms with E-state index >= 15 is 0 Å². The quantitative estimate of drug-likeness (QED) is 0.779. The highest BCUT2D eigenvalue weighted by atomic mass is 35.5. The van der Waals surface area contributed by atoms with E-state index < -0.39 is 0 Å². The van der Waals surface area contributed by atoms with Crippen LogP contribution in [0.25, 0.3) is 11.5 Å². The van der Waals surface area contributed by atoms with Gasteiger partial charge in [-0.05, 0) is 24.3 Å². The third-order valence-electron chi connectivity index (χ3n) is 1.83. The fourth-order valence-electron chi connectivity index (χ4n) is 1.17. The molecule has 0 aliphatic rings. The summed E-state index contributed by atoms with van der Waals surface area (Å²) in [5.74, 6) is 0.528. The Bertz CT molecular complexity index is 467. The standard InChI is InChI=1S/C11H11ClN2OS/c1-7(2)16-11-14-13-10(15-11)8-3-5-9(12)6-4-8/h3-7H,1-2H3. The lowest BCUT2D eigenvalue weighted by Crippen LogP contribution is -1.84. The summed E-state index contributed by atoms with van der Waals surface area (Å²) >= 11 is 7.35. The number of halogens is 1. The number of aromatic nitrogens is 2. The third-order valence-corrected chi connectivity index (χ3v) is 2.92. The Hall–Kier alpha value is -1.00. The fourth-order valence-corrected chi connectivity index (χ4v) is 1.91. The summed E-state index contributed by atoms with van der Waals surface area (Å²) in [5, 5.41) is 9.68. The van der Waals surface area contributed by atoms with Gasteiger partial charge in [0, 0.05) is 15.8 Å². The van der Waals surface area contributed by atoms with Gasteiger partial charge in [-0.15, -0.1) is 10.2 Å². The highest BCUT2D eigenvalue weighted by Crippen LogP contribution is 2.26. The van der Waals surface area contributed by atoms with Crippen molar-refractivity contribution in [2.24, 2.45) is 0 Å². The molecule has 5 heteroatoms. The second-order valence-corrected chi connectivity index (χ2v) is 5.51. The van der Waals surface area contributed by atoms with Gasteiger partial charge in [0.1, 0.15) is 0 Å². The first-order valence-electron chi connectivity index (χ1n) is 4.91. The van der Waals surface area contributed by atoms with E-state index in [-0.39, 0.29) is 0 Å². The van der Waals surface area contributed by atoms with Crippen molar-refractivity contribution in [3.63, 3.8) is 0 Å². The predicted molar refractivity (Wildman–Crippen MR) is 65.7 cm³/mol. The maximum absolute atomic E-state index is 5.80. The maximum Gasteiger partial charge on any atom is 0.277 e. The Morgan fingerprint density at radius 3 is 2.50 bits per heavy atom. The van der Waals surface area contributed by atoms with Crippen molar-refractivity contribution in [1.82, 2.24) is 10.2 Å². The van der Waals surface area contributed by atoms with Gasteiger partial charge in [0.15, 0.2) is 0 Å². The summed E-state index contributed by atoms with van der Waals surface area (Å²) in [6.45, 7) is 4.16. The minimum atomic E-state index is 0.429. The molecule has 2 rings (SSSR count). The van der Waals surface area contributed by atoms with E-state index in [1.54, 1.807) is 23.9 Å². The van der Waals surface area contributed by atoms with Gasteiger partial charge >= 0.3 is 0 Å². The van der Waals surface area contributed by atoms with Crippen LogP contribution in [0.15, 0.2) is 33.9 Å². The number of hydrogen-bond acceptors (Lipinski definition) is 4. The fraction of sp³-hybridized carbons (Fsp3) is 0.273. The molecule has 0 fully saturated rings. The molecular weight excluding hydrogens is 244 g/mol. The molecule has 0 saturated carbocycles. The monoisotopic (exact) mass is 254 g/mol. The molecule has 0 bridgehead atoms. The first-order chi connectivity index (χ1) is 7.65. The molecule has 1 aromatic heterocycles. The molecule has 1 heterocycles. The second-order valence-electron chi connectivity index (χ2n) is 3.55. The molecule has 16 heavy (non-hydrogen) atoms. The SMILES string of the molecule is CC(C)Sc1nnc(-c2ccc(Cl)cc2)o1. The summed E-state index contributed by atoms with van der Waals surface area (Å²) in [5.41, 5.74) is 0.882. The van der Waals surface area contributed by atoms with Crippen LogP contribution < -0.4 is 0 Å². The van der Waals surface area contributed by atoms with Gasteiger partial charge < -0.3 is 4.42 Å². The van der Waals surface area contributed by atoms with E-state index in [2.05, 4.69) is 24.0 Å². The molecule has 84 valence electrons. The van der Waals surface area contributed by atoms with Crippen molar-refractivity contribution in [1.29, 1.82) is 0 Å². The number of rotatable bonds is 3. The van der Waals surface area contributed by atoms with Crippen molar-refractivity contribution in [2.45, 2.75) is 24.3 Å². The first kappa shape index (κ1) is 11.5. The van der Waals surface area contributed by atoms with Crippen molar-refractivity contribution in [2.75, 3.05) is 0 Å². The van der Waals surface area contributed by atoms with E-state index in [0.29, 0.717) is 21.4 Å². The zero-order valence-electron chi connectivity index (χ0n) is 8.98. The average molecular weight is 255 g/mol. The molecule has 0 atom stereocenters. The Labute approximate surface area is 103 Å². The van der Waals surface area contributed by atoms with Crippen LogP contribution in [0, 0.1) is 0 Å². The summed E-state index contributed by atoms with van der Waals surface area (Å²) in [4.78, 5) is 0. The Morgan fingerprint density at radius 2 is 1.88 bits per heavy atom. The lowest BCUT2D eigenvalue weighted by Gasteiger charge is -1.97. The Morgan fingerprint density at radius 1 is 1.19 bits per heavy atom. The van der Waals surface area contributed by atoms with Gasteiger partial charge in [0.25, 0.3) is 5.22 Å². The smallest absolute Gasteiger partial charge is 0.277 e. The van der Waals surface area contributed by atoms with E-state index in [4.69, 9.17) is 16.0 Å². The molecule has 0 aliphatic heterocycles. The minimum Gasteiger partial charge on any atom is -0.411 e. The van der Waals surface area contributed by atoms with Crippen LogP contribution in [0.5, 0.6) is 0 Å². The Kier molecular flexibility index (Phi) is 3.51. The lowest BCUT2D eigenvalue weighted by atomic mass is 10.2. The van der Waals surface area contributed by atoms with Crippen molar-refractivity contribution in [3.8, 4) is 11.5 Å². The van der Waals surface area contributed by atoms with Crippen LogP contribution in [-0.2, 0) is 0 Å². The highest BCUT2D eigenvalue weighted by Gasteiger charge is 2.09. The van der Waals surface area contributed by atoms with Gasteiger partial charge in [-0.3, -0.25) is 0 Å². The number of hydrogen-bond donors (Lipinski definition) is 0. The van der Waals surface area contributed by atoms with Gasteiger partial charge in [0.2, 0.25) is 5.89 Å². The second kappa shape index (κ2) is 4.89. The van der Waals surface area contributed by atoms with Crippen LogP contribution in [-0.4, -0.2) is 15.4 Å². The van der Waals surface area contributed by atoms with Crippen molar-refractivity contribution >= 4 is 23.4 Å². The summed E-state index contributed by atoms with van der Waals surface area (Å²) < 4.78 is 5.52. The molecule has 0 amide bonds. The number of benzene rings is 1. The summed E-state index contributed by atoms with van der Waals surface area (Å²) in [6, 6.07) is 7.33. The molecule has 2 aromatic rings. The van der Waals surface area contributed by atoms with E-state index in [1.807, 2.05) is 12.1 Å². The van der Waals surface area contributed by atoms with Crippen LogP contribution >= 0.6 is 23.4 Å². The maximum atomic E-state index is 5.80. The topological polar surface area (TPSA) is 38.9 Å². The molecule has 0 spiro atoms. The first-order valence-corrected chi connectivity index (χ1v) is 6.17. The predicted octanol–water partition coefficient (Wildman–Crippen LogP) is 3.89. The van der Waals surface area contributed by atoms with Crippen molar-refractivity contribution in [3.05, 3.63) is 29.3 Å². The van der Waals surface area contributed by atoms with Gasteiger partial charge in [-0.25, -0.2) is 0 Å². The molecule has 0 N–H and O–H groups in total. The molecule has 0 unspecified atom stereocenters. The van der Waals surface area contributed by atoms with Crippen LogP contribution in [0.1, 0.15) is 13.8 Å².